The van der Waals surface area contributed by atoms with Crippen molar-refractivity contribution in [3.63, 3.8) is 0 Å². The van der Waals surface area contributed by atoms with Crippen molar-refractivity contribution in [3.05, 3.63) is 0 Å². The van der Waals surface area contributed by atoms with E-state index in [9.17, 15) is 15.3 Å². The second-order valence-electron chi connectivity index (χ2n) is 2.64. The molecule has 80 valence electrons. The highest BCUT2D eigenvalue weighted by Crippen LogP contribution is 2.10. The number of aliphatic hydroxyl groups is 3. The maximum Gasteiger partial charge on any atom is 0.111 e. The van der Waals surface area contributed by atoms with E-state index in [1.807, 2.05) is 0 Å². The summed E-state index contributed by atoms with van der Waals surface area (Å²) in [6, 6.07) is 0. The van der Waals surface area contributed by atoms with E-state index in [0.717, 1.165) is 0 Å². The minimum absolute atomic E-state index is 0.157. The molecule has 0 bridgehead atoms. The maximum absolute atomic E-state index is 9.36. The molecule has 0 heterocycles. The van der Waals surface area contributed by atoms with Crippen molar-refractivity contribution in [2.75, 3.05) is 6.61 Å². The summed E-state index contributed by atoms with van der Waals surface area (Å²) >= 11 is 5.02. The Morgan fingerprint density at radius 3 is 2.23 bits per heavy atom. The van der Waals surface area contributed by atoms with E-state index >= 15 is 0 Å². The lowest BCUT2D eigenvalue weighted by molar-refractivity contribution is -0.0953. The summed E-state index contributed by atoms with van der Waals surface area (Å²) in [5, 5.41) is 27.9. The predicted molar refractivity (Wildman–Crippen MR) is 57.5 cm³/mol. The van der Waals surface area contributed by atoms with Crippen LogP contribution in [0, 0.1) is 0 Å². The standard InChI is InChI=1S/C6H13IO5S/c1-3(12-7)5(9)6(10)4(8)2-11-13/h3-6,8-10,13H,2H2,1H3. The number of hydrogen-bond acceptors (Lipinski definition) is 6. The van der Waals surface area contributed by atoms with Crippen molar-refractivity contribution in [2.45, 2.75) is 31.3 Å². The molecule has 0 spiro atoms. The van der Waals surface area contributed by atoms with Crippen molar-refractivity contribution in [3.8, 4) is 0 Å². The Bertz CT molecular complexity index is 138. The Balaban J connectivity index is 3.99. The molecule has 0 aromatic carbocycles. The predicted octanol–water partition coefficient (Wildman–Crippen LogP) is -0.314. The average molecular weight is 324 g/mol. The summed E-state index contributed by atoms with van der Waals surface area (Å²) in [5.74, 6) is 0. The van der Waals surface area contributed by atoms with Gasteiger partial charge in [0.2, 0.25) is 0 Å². The smallest absolute Gasteiger partial charge is 0.111 e. The van der Waals surface area contributed by atoms with Gasteiger partial charge in [0.15, 0.2) is 0 Å². The van der Waals surface area contributed by atoms with Crippen molar-refractivity contribution in [2.24, 2.45) is 0 Å². The molecule has 0 saturated heterocycles. The molecule has 0 fully saturated rings. The zero-order valence-electron chi connectivity index (χ0n) is 7.00. The van der Waals surface area contributed by atoms with Crippen LogP contribution in [-0.2, 0) is 7.25 Å². The molecule has 0 radical (unpaired) electrons. The Morgan fingerprint density at radius 1 is 1.31 bits per heavy atom. The lowest BCUT2D eigenvalue weighted by Gasteiger charge is -2.25. The van der Waals surface area contributed by atoms with Gasteiger partial charge in [-0.15, -0.1) is 0 Å². The highest BCUT2D eigenvalue weighted by molar-refractivity contribution is 14.1. The van der Waals surface area contributed by atoms with Gasteiger partial charge >= 0.3 is 0 Å². The van der Waals surface area contributed by atoms with Crippen LogP contribution in [0.1, 0.15) is 6.92 Å². The van der Waals surface area contributed by atoms with Gasteiger partial charge in [-0.05, 0) is 19.8 Å². The highest BCUT2D eigenvalue weighted by Gasteiger charge is 2.29. The maximum atomic E-state index is 9.36. The number of hydrogen-bond donors (Lipinski definition) is 4. The van der Waals surface area contributed by atoms with E-state index in [-0.39, 0.29) is 6.61 Å². The largest absolute Gasteiger partial charge is 0.388 e. The first kappa shape index (κ1) is 13.9. The van der Waals surface area contributed by atoms with Crippen molar-refractivity contribution in [1.82, 2.24) is 0 Å². The first-order valence-corrected chi connectivity index (χ1v) is 4.87. The van der Waals surface area contributed by atoms with Gasteiger partial charge in [0.25, 0.3) is 0 Å². The Morgan fingerprint density at radius 2 is 1.85 bits per heavy atom. The summed E-state index contributed by atoms with van der Waals surface area (Å²) in [4.78, 5) is 0. The van der Waals surface area contributed by atoms with E-state index in [2.05, 4.69) is 17.1 Å². The van der Waals surface area contributed by atoms with Crippen LogP contribution >= 0.6 is 35.9 Å². The molecule has 0 aliphatic rings. The van der Waals surface area contributed by atoms with Gasteiger partial charge in [-0.25, -0.2) is 0 Å². The van der Waals surface area contributed by atoms with Crippen LogP contribution in [0.25, 0.3) is 0 Å². The van der Waals surface area contributed by atoms with E-state index in [4.69, 9.17) is 3.07 Å². The number of rotatable bonds is 6. The molecule has 0 rings (SSSR count). The van der Waals surface area contributed by atoms with Crippen LogP contribution in [0.15, 0.2) is 0 Å². The summed E-state index contributed by atoms with van der Waals surface area (Å²) < 4.78 is 9.07. The zero-order chi connectivity index (χ0) is 10.4. The van der Waals surface area contributed by atoms with Crippen LogP contribution in [0.5, 0.6) is 0 Å². The van der Waals surface area contributed by atoms with E-state index in [0.29, 0.717) is 0 Å². The summed E-state index contributed by atoms with van der Waals surface area (Å²) in [5.41, 5.74) is 0. The van der Waals surface area contributed by atoms with Crippen LogP contribution in [-0.4, -0.2) is 46.3 Å². The minimum atomic E-state index is -1.31. The van der Waals surface area contributed by atoms with Gasteiger partial charge in [-0.1, -0.05) is 0 Å². The van der Waals surface area contributed by atoms with Gasteiger partial charge < -0.3 is 22.6 Å². The van der Waals surface area contributed by atoms with E-state index < -0.39 is 24.4 Å². The topological polar surface area (TPSA) is 79.2 Å². The van der Waals surface area contributed by atoms with Crippen LogP contribution < -0.4 is 0 Å². The molecule has 7 heteroatoms. The molecule has 0 aromatic rings. The molecule has 0 aromatic heterocycles. The van der Waals surface area contributed by atoms with E-state index in [1.165, 1.54) is 0 Å². The molecule has 3 N–H and O–H groups in total. The third-order valence-corrected chi connectivity index (χ3v) is 2.56. The number of aliphatic hydroxyl groups excluding tert-OH is 3. The fourth-order valence-electron chi connectivity index (χ4n) is 0.733. The summed E-state index contributed by atoms with van der Waals surface area (Å²) in [7, 11) is 0. The van der Waals surface area contributed by atoms with Crippen molar-refractivity contribution < 1.29 is 22.6 Å². The lowest BCUT2D eigenvalue weighted by atomic mass is 10.1. The van der Waals surface area contributed by atoms with Gasteiger partial charge in [-0.3, -0.25) is 0 Å². The Labute approximate surface area is 96.4 Å². The van der Waals surface area contributed by atoms with Crippen LogP contribution in [0.3, 0.4) is 0 Å². The van der Waals surface area contributed by atoms with Crippen LogP contribution in [0.4, 0.5) is 0 Å². The summed E-state index contributed by atoms with van der Waals surface area (Å²) in [6.07, 6.45) is -4.21. The van der Waals surface area contributed by atoms with Crippen LogP contribution in [0.2, 0.25) is 0 Å². The van der Waals surface area contributed by atoms with E-state index in [1.54, 1.807) is 29.9 Å². The van der Waals surface area contributed by atoms with Crippen molar-refractivity contribution >= 4 is 35.9 Å². The Hall–Kier alpha value is 0.880. The minimum Gasteiger partial charge on any atom is -0.388 e. The third-order valence-electron chi connectivity index (χ3n) is 1.61. The highest BCUT2D eigenvalue weighted by atomic mass is 127. The molecular weight excluding hydrogens is 311 g/mol. The number of halogens is 1. The quantitative estimate of drug-likeness (QED) is 0.306. The first-order valence-electron chi connectivity index (χ1n) is 3.62. The SMILES string of the molecule is CC(OI)C(O)C(O)C(O)COS. The molecule has 0 aliphatic carbocycles. The first-order chi connectivity index (χ1) is 6.04. The van der Waals surface area contributed by atoms with Gasteiger partial charge in [0, 0.05) is 0 Å². The molecule has 0 aliphatic heterocycles. The fraction of sp³-hybridized carbons (Fsp3) is 1.00. The Kier molecular flexibility index (Phi) is 7.70. The third kappa shape index (κ3) is 4.77. The fourth-order valence-corrected chi connectivity index (χ4v) is 1.19. The normalized spacial score (nSPS) is 20.8. The molecule has 5 nitrogen and oxygen atoms in total. The zero-order valence-corrected chi connectivity index (χ0v) is 10.1. The molecule has 0 amide bonds. The molecular formula is C6H13IO5S. The van der Waals surface area contributed by atoms with Crippen molar-refractivity contribution in [1.29, 1.82) is 0 Å². The molecule has 0 saturated carbocycles. The molecule has 4 unspecified atom stereocenters. The van der Waals surface area contributed by atoms with Gasteiger partial charge in [0.1, 0.15) is 41.3 Å². The lowest BCUT2D eigenvalue weighted by Crippen LogP contribution is -2.45. The second kappa shape index (κ2) is 7.21. The molecule has 4 atom stereocenters. The molecule has 13 heavy (non-hydrogen) atoms. The van der Waals surface area contributed by atoms with Gasteiger partial charge in [0.05, 0.1) is 12.7 Å². The number of thiol groups is 1. The average Bonchev–Trinajstić information content (AvgIpc) is 2.14. The second-order valence-corrected chi connectivity index (χ2v) is 3.41. The van der Waals surface area contributed by atoms with Gasteiger partial charge in [-0.2, -0.15) is 0 Å². The monoisotopic (exact) mass is 324 g/mol. The summed E-state index contributed by atoms with van der Waals surface area (Å²) in [6.45, 7) is 1.42.